The van der Waals surface area contributed by atoms with Crippen molar-refractivity contribution in [1.29, 1.82) is 0 Å². The van der Waals surface area contributed by atoms with E-state index in [4.69, 9.17) is 8.83 Å². The molecule has 0 bridgehead atoms. The number of furan rings is 1. The molecule has 0 saturated carbocycles. The molecule has 1 aliphatic rings. The summed E-state index contributed by atoms with van der Waals surface area (Å²) in [6.07, 6.45) is 3.04. The van der Waals surface area contributed by atoms with Crippen molar-refractivity contribution in [3.63, 3.8) is 0 Å². The minimum atomic E-state index is -0.669. The lowest BCUT2D eigenvalue weighted by atomic mass is 9.97. The maximum atomic E-state index is 13.6. The average molecular weight is 388 g/mol. The second-order valence-electron chi connectivity index (χ2n) is 6.65. The standard InChI is InChI=1S/C19H18F2N4O3/c20-13-3-4-14(21)15(10-13)22-17(26)11-25-7-5-12(6-8-25)18-23-24-19(28-18)16-2-1-9-27-16/h1-4,9-10,12H,5-8,11H2,(H,22,26). The molecular weight excluding hydrogens is 370 g/mol. The number of rotatable bonds is 5. The van der Waals surface area contributed by atoms with Crippen LogP contribution in [-0.4, -0.2) is 40.6 Å². The van der Waals surface area contributed by atoms with Crippen molar-refractivity contribution in [2.75, 3.05) is 25.0 Å². The van der Waals surface area contributed by atoms with Crippen molar-refractivity contribution in [3.05, 3.63) is 54.1 Å². The molecule has 9 heteroatoms. The Balaban J connectivity index is 1.29. The Morgan fingerprint density at radius 3 is 2.79 bits per heavy atom. The Morgan fingerprint density at radius 2 is 2.04 bits per heavy atom. The predicted octanol–water partition coefficient (Wildman–Crippen LogP) is 3.43. The van der Waals surface area contributed by atoms with Gasteiger partial charge < -0.3 is 14.2 Å². The van der Waals surface area contributed by atoms with Crippen LogP contribution in [0.3, 0.4) is 0 Å². The predicted molar refractivity (Wildman–Crippen MR) is 95.4 cm³/mol. The topological polar surface area (TPSA) is 84.4 Å². The van der Waals surface area contributed by atoms with Crippen LogP contribution in [0.25, 0.3) is 11.7 Å². The van der Waals surface area contributed by atoms with Crippen LogP contribution in [0.15, 0.2) is 45.4 Å². The number of hydrogen-bond acceptors (Lipinski definition) is 6. The summed E-state index contributed by atoms with van der Waals surface area (Å²) in [5.41, 5.74) is -0.156. The Kier molecular flexibility index (Phi) is 5.16. The van der Waals surface area contributed by atoms with Gasteiger partial charge in [0.05, 0.1) is 18.5 Å². The van der Waals surface area contributed by atoms with E-state index in [2.05, 4.69) is 15.5 Å². The van der Waals surface area contributed by atoms with Crippen molar-refractivity contribution in [2.24, 2.45) is 0 Å². The van der Waals surface area contributed by atoms with Gasteiger partial charge in [-0.15, -0.1) is 10.2 Å². The Labute approximate surface area is 159 Å². The molecule has 7 nitrogen and oxygen atoms in total. The molecule has 0 atom stereocenters. The number of carbonyl (C=O) groups is 1. The first-order chi connectivity index (χ1) is 13.6. The molecule has 146 valence electrons. The van der Waals surface area contributed by atoms with Crippen molar-refractivity contribution in [3.8, 4) is 11.7 Å². The van der Waals surface area contributed by atoms with E-state index in [0.717, 1.165) is 31.0 Å². The number of halogens is 2. The molecule has 1 aromatic carbocycles. The van der Waals surface area contributed by atoms with Gasteiger partial charge in [0.2, 0.25) is 11.8 Å². The molecule has 0 spiro atoms. The van der Waals surface area contributed by atoms with Crippen LogP contribution in [-0.2, 0) is 4.79 Å². The molecule has 0 aliphatic carbocycles. The van der Waals surface area contributed by atoms with Gasteiger partial charge in [0.25, 0.3) is 5.89 Å². The summed E-state index contributed by atoms with van der Waals surface area (Å²) in [4.78, 5) is 14.1. The molecule has 2 aromatic heterocycles. The Bertz CT molecular complexity index is 950. The van der Waals surface area contributed by atoms with E-state index >= 15 is 0 Å². The second kappa shape index (κ2) is 7.89. The first-order valence-corrected chi connectivity index (χ1v) is 8.93. The highest BCUT2D eigenvalue weighted by Crippen LogP contribution is 2.29. The van der Waals surface area contributed by atoms with Gasteiger partial charge in [-0.25, -0.2) is 8.78 Å². The van der Waals surface area contributed by atoms with Gasteiger partial charge in [-0.3, -0.25) is 9.69 Å². The average Bonchev–Trinajstić information content (AvgIpc) is 3.37. The molecule has 0 radical (unpaired) electrons. The normalized spacial score (nSPS) is 15.6. The third-order valence-electron chi connectivity index (χ3n) is 4.68. The fraction of sp³-hybridized carbons (Fsp3) is 0.316. The van der Waals surface area contributed by atoms with Crippen LogP contribution in [0, 0.1) is 11.6 Å². The third kappa shape index (κ3) is 4.09. The Hall–Kier alpha value is -3.07. The van der Waals surface area contributed by atoms with E-state index in [1.165, 1.54) is 0 Å². The van der Waals surface area contributed by atoms with Gasteiger partial charge in [-0.05, 0) is 50.2 Å². The van der Waals surface area contributed by atoms with Crippen LogP contribution in [0.4, 0.5) is 14.5 Å². The highest BCUT2D eigenvalue weighted by molar-refractivity contribution is 5.92. The highest BCUT2D eigenvalue weighted by Gasteiger charge is 2.26. The number of nitrogens with one attached hydrogen (secondary N) is 1. The minimum absolute atomic E-state index is 0.101. The van der Waals surface area contributed by atoms with E-state index in [1.807, 2.05) is 4.90 Å². The number of aromatic nitrogens is 2. The summed E-state index contributed by atoms with van der Waals surface area (Å²) in [6.45, 7) is 1.41. The summed E-state index contributed by atoms with van der Waals surface area (Å²) in [5.74, 6) is -0.131. The van der Waals surface area contributed by atoms with Gasteiger partial charge in [0.15, 0.2) is 5.76 Å². The molecule has 3 heterocycles. The molecule has 1 fully saturated rings. The smallest absolute Gasteiger partial charge is 0.283 e. The van der Waals surface area contributed by atoms with Crippen molar-refractivity contribution in [2.45, 2.75) is 18.8 Å². The highest BCUT2D eigenvalue weighted by atomic mass is 19.1. The lowest BCUT2D eigenvalue weighted by molar-refractivity contribution is -0.117. The van der Waals surface area contributed by atoms with Gasteiger partial charge in [-0.2, -0.15) is 0 Å². The van der Waals surface area contributed by atoms with Gasteiger partial charge >= 0.3 is 0 Å². The van der Waals surface area contributed by atoms with Gasteiger partial charge in [-0.1, -0.05) is 0 Å². The molecule has 1 amide bonds. The van der Waals surface area contributed by atoms with E-state index in [9.17, 15) is 13.6 Å². The molecule has 3 aromatic rings. The van der Waals surface area contributed by atoms with Crippen LogP contribution >= 0.6 is 0 Å². The third-order valence-corrected chi connectivity index (χ3v) is 4.68. The molecule has 1 saturated heterocycles. The number of benzene rings is 1. The fourth-order valence-electron chi connectivity index (χ4n) is 3.22. The summed E-state index contributed by atoms with van der Waals surface area (Å²) in [6, 6.07) is 6.45. The molecule has 28 heavy (non-hydrogen) atoms. The van der Waals surface area contributed by atoms with Gasteiger partial charge in [0.1, 0.15) is 11.6 Å². The molecule has 4 rings (SSSR count). The molecule has 1 aliphatic heterocycles. The number of amides is 1. The number of carbonyl (C=O) groups excluding carboxylic acids is 1. The van der Waals surface area contributed by atoms with Crippen LogP contribution in [0.2, 0.25) is 0 Å². The molecule has 0 unspecified atom stereocenters. The SMILES string of the molecule is O=C(CN1CCC(c2nnc(-c3ccco3)o2)CC1)Nc1cc(F)ccc1F. The zero-order chi connectivity index (χ0) is 19.5. The fourth-order valence-corrected chi connectivity index (χ4v) is 3.22. The largest absolute Gasteiger partial charge is 0.459 e. The summed E-state index contributed by atoms with van der Waals surface area (Å²) < 4.78 is 37.8. The number of likely N-dealkylation sites (tertiary alicyclic amines) is 1. The zero-order valence-corrected chi connectivity index (χ0v) is 14.9. The first kappa shape index (κ1) is 18.3. The molecular formula is C19H18F2N4O3. The van der Waals surface area contributed by atoms with E-state index in [1.54, 1.807) is 18.4 Å². The van der Waals surface area contributed by atoms with Crippen molar-refractivity contribution in [1.82, 2.24) is 15.1 Å². The lowest BCUT2D eigenvalue weighted by Crippen LogP contribution is -2.38. The monoisotopic (exact) mass is 388 g/mol. The summed E-state index contributed by atoms with van der Waals surface area (Å²) in [5, 5.41) is 10.5. The van der Waals surface area contributed by atoms with E-state index in [0.29, 0.717) is 30.6 Å². The second-order valence-corrected chi connectivity index (χ2v) is 6.65. The number of nitrogens with zero attached hydrogens (tertiary/aromatic N) is 3. The molecule has 1 N–H and O–H groups in total. The van der Waals surface area contributed by atoms with Crippen molar-refractivity contribution < 1.29 is 22.4 Å². The Morgan fingerprint density at radius 1 is 1.21 bits per heavy atom. The van der Waals surface area contributed by atoms with E-state index < -0.39 is 11.6 Å². The van der Waals surface area contributed by atoms with Crippen LogP contribution in [0.1, 0.15) is 24.7 Å². The lowest BCUT2D eigenvalue weighted by Gasteiger charge is -2.29. The number of anilines is 1. The van der Waals surface area contributed by atoms with Crippen molar-refractivity contribution >= 4 is 11.6 Å². The van der Waals surface area contributed by atoms with Crippen LogP contribution < -0.4 is 5.32 Å². The maximum absolute atomic E-state index is 13.6. The maximum Gasteiger partial charge on any atom is 0.283 e. The van der Waals surface area contributed by atoms with Gasteiger partial charge in [0, 0.05) is 12.0 Å². The summed E-state index contributed by atoms with van der Waals surface area (Å²) >= 11 is 0. The quantitative estimate of drug-likeness (QED) is 0.721. The van der Waals surface area contributed by atoms with E-state index in [-0.39, 0.29) is 24.1 Å². The summed E-state index contributed by atoms with van der Waals surface area (Å²) in [7, 11) is 0. The minimum Gasteiger partial charge on any atom is -0.459 e. The number of piperidine rings is 1. The first-order valence-electron chi connectivity index (χ1n) is 8.93. The van der Waals surface area contributed by atoms with Crippen LogP contribution in [0.5, 0.6) is 0 Å². The number of hydrogen-bond donors (Lipinski definition) is 1. The zero-order valence-electron chi connectivity index (χ0n) is 14.9.